The molecule has 1 saturated carbocycles. The fourth-order valence-electron chi connectivity index (χ4n) is 2.04. The Morgan fingerprint density at radius 1 is 1.38 bits per heavy atom. The van der Waals surface area contributed by atoms with Gasteiger partial charge in [0.15, 0.2) is 0 Å². The monoisotopic (exact) mass is 218 g/mol. The third-order valence-electron chi connectivity index (χ3n) is 3.55. The largest absolute Gasteiger partial charge is 0.323 e. The molecule has 0 aromatic heterocycles. The summed E-state index contributed by atoms with van der Waals surface area (Å²) >= 11 is 0. The van der Waals surface area contributed by atoms with Crippen molar-refractivity contribution in [2.24, 2.45) is 17.6 Å². The lowest BCUT2D eigenvalue weighted by atomic mass is 10.1. The van der Waals surface area contributed by atoms with Gasteiger partial charge in [0.2, 0.25) is 0 Å². The lowest BCUT2D eigenvalue weighted by Crippen LogP contribution is -2.28. The van der Waals surface area contributed by atoms with Crippen LogP contribution in [0.3, 0.4) is 0 Å². The molecule has 1 fully saturated rings. The maximum absolute atomic E-state index is 6.12. The lowest BCUT2D eigenvalue weighted by molar-refractivity contribution is 0.561. The van der Waals surface area contributed by atoms with E-state index in [1.54, 1.807) is 0 Å². The molecule has 88 valence electrons. The molecular formula is C14H22N2. The van der Waals surface area contributed by atoms with Gasteiger partial charge in [-0.15, -0.1) is 0 Å². The highest BCUT2D eigenvalue weighted by molar-refractivity contribution is 5.24. The number of hydrogen-bond donors (Lipinski definition) is 2. The predicted octanol–water partition coefficient (Wildman–Crippen LogP) is 2.24. The van der Waals surface area contributed by atoms with E-state index in [4.69, 9.17) is 5.73 Å². The van der Waals surface area contributed by atoms with Crippen LogP contribution >= 0.6 is 0 Å². The van der Waals surface area contributed by atoms with Crippen molar-refractivity contribution in [3.05, 3.63) is 35.4 Å². The highest BCUT2D eigenvalue weighted by atomic mass is 14.9. The summed E-state index contributed by atoms with van der Waals surface area (Å²) in [4.78, 5) is 0. The first-order valence-electron chi connectivity index (χ1n) is 6.19. The fraction of sp³-hybridized carbons (Fsp3) is 0.571. The van der Waals surface area contributed by atoms with Crippen LogP contribution in [0.15, 0.2) is 24.3 Å². The minimum absolute atomic E-state index is 0.120. The number of hydrogen-bond acceptors (Lipinski definition) is 2. The van der Waals surface area contributed by atoms with E-state index >= 15 is 0 Å². The normalized spacial score (nSPS) is 25.4. The molecule has 0 spiro atoms. The molecule has 0 radical (unpaired) electrons. The van der Waals surface area contributed by atoms with Gasteiger partial charge in [-0.25, -0.2) is 0 Å². The first-order valence-corrected chi connectivity index (χ1v) is 6.19. The summed E-state index contributed by atoms with van der Waals surface area (Å²) in [5, 5.41) is 3.47. The van der Waals surface area contributed by atoms with Crippen LogP contribution < -0.4 is 11.1 Å². The third-order valence-corrected chi connectivity index (χ3v) is 3.55. The molecule has 0 saturated heterocycles. The van der Waals surface area contributed by atoms with Crippen molar-refractivity contribution in [2.75, 3.05) is 13.1 Å². The van der Waals surface area contributed by atoms with Gasteiger partial charge in [-0.2, -0.15) is 0 Å². The van der Waals surface area contributed by atoms with E-state index in [0.29, 0.717) is 0 Å². The molecular weight excluding hydrogens is 196 g/mol. The highest BCUT2D eigenvalue weighted by Gasteiger charge is 2.31. The highest BCUT2D eigenvalue weighted by Crippen LogP contribution is 2.36. The summed E-state index contributed by atoms with van der Waals surface area (Å²) in [6.45, 7) is 6.42. The van der Waals surface area contributed by atoms with E-state index in [0.717, 1.165) is 24.9 Å². The lowest BCUT2D eigenvalue weighted by Gasteiger charge is -2.13. The summed E-state index contributed by atoms with van der Waals surface area (Å²) in [5.41, 5.74) is 8.64. The van der Waals surface area contributed by atoms with Crippen LogP contribution in [-0.4, -0.2) is 13.1 Å². The average molecular weight is 218 g/mol. The summed E-state index contributed by atoms with van der Waals surface area (Å²) in [6.07, 6.45) is 1.38. The van der Waals surface area contributed by atoms with Crippen molar-refractivity contribution >= 4 is 0 Å². The van der Waals surface area contributed by atoms with Crippen LogP contribution in [0.2, 0.25) is 0 Å². The van der Waals surface area contributed by atoms with E-state index in [1.807, 2.05) is 0 Å². The molecule has 0 aliphatic heterocycles. The fourth-order valence-corrected chi connectivity index (χ4v) is 2.04. The minimum Gasteiger partial charge on any atom is -0.323 e. The maximum atomic E-state index is 6.12. The topological polar surface area (TPSA) is 38.0 Å². The van der Waals surface area contributed by atoms with Gasteiger partial charge in [0.25, 0.3) is 0 Å². The Hall–Kier alpha value is -0.860. The molecule has 1 aliphatic carbocycles. The summed E-state index contributed by atoms with van der Waals surface area (Å²) < 4.78 is 0. The van der Waals surface area contributed by atoms with E-state index in [-0.39, 0.29) is 6.04 Å². The Kier molecular flexibility index (Phi) is 3.62. The van der Waals surface area contributed by atoms with E-state index in [2.05, 4.69) is 43.4 Å². The number of benzene rings is 1. The van der Waals surface area contributed by atoms with Gasteiger partial charge in [0.1, 0.15) is 0 Å². The first kappa shape index (κ1) is 11.6. The predicted molar refractivity (Wildman–Crippen MR) is 68.2 cm³/mol. The zero-order valence-corrected chi connectivity index (χ0v) is 10.2. The average Bonchev–Trinajstić information content (AvgIpc) is 2.95. The van der Waals surface area contributed by atoms with Crippen LogP contribution in [0.4, 0.5) is 0 Å². The molecule has 2 rings (SSSR count). The Morgan fingerprint density at radius 3 is 2.56 bits per heavy atom. The Labute approximate surface area is 98.2 Å². The molecule has 3 N–H and O–H groups in total. The standard InChI is InChI=1S/C14H22N2/c1-10-3-5-12(6-4-10)14(15)9-16-8-13-7-11(13)2/h3-6,11,13-14,16H,7-9,15H2,1-2H3. The second-order valence-electron chi connectivity index (χ2n) is 5.15. The van der Waals surface area contributed by atoms with Crippen molar-refractivity contribution < 1.29 is 0 Å². The first-order chi connectivity index (χ1) is 7.66. The van der Waals surface area contributed by atoms with E-state index in [9.17, 15) is 0 Å². The zero-order valence-electron chi connectivity index (χ0n) is 10.2. The summed E-state index contributed by atoms with van der Waals surface area (Å²) in [7, 11) is 0. The second kappa shape index (κ2) is 4.98. The molecule has 1 aliphatic rings. The van der Waals surface area contributed by atoms with Crippen molar-refractivity contribution in [3.63, 3.8) is 0 Å². The zero-order chi connectivity index (χ0) is 11.5. The molecule has 2 heteroatoms. The molecule has 16 heavy (non-hydrogen) atoms. The molecule has 3 unspecified atom stereocenters. The summed E-state index contributed by atoms with van der Waals surface area (Å²) in [6, 6.07) is 8.62. The Morgan fingerprint density at radius 2 is 2.00 bits per heavy atom. The minimum atomic E-state index is 0.120. The van der Waals surface area contributed by atoms with Crippen LogP contribution in [0.5, 0.6) is 0 Å². The van der Waals surface area contributed by atoms with Crippen LogP contribution in [0.1, 0.15) is 30.5 Å². The van der Waals surface area contributed by atoms with Crippen molar-refractivity contribution in [1.82, 2.24) is 5.32 Å². The smallest absolute Gasteiger partial charge is 0.0421 e. The Balaban J connectivity index is 1.74. The van der Waals surface area contributed by atoms with Crippen LogP contribution in [0, 0.1) is 18.8 Å². The van der Waals surface area contributed by atoms with Gasteiger partial charge in [0, 0.05) is 12.6 Å². The van der Waals surface area contributed by atoms with E-state index < -0.39 is 0 Å². The number of nitrogens with one attached hydrogen (secondary N) is 1. The van der Waals surface area contributed by atoms with Gasteiger partial charge < -0.3 is 11.1 Å². The second-order valence-corrected chi connectivity index (χ2v) is 5.15. The van der Waals surface area contributed by atoms with Crippen molar-refractivity contribution in [3.8, 4) is 0 Å². The molecule has 0 heterocycles. The number of nitrogens with two attached hydrogens (primary N) is 1. The molecule has 1 aromatic carbocycles. The molecule has 0 bridgehead atoms. The molecule has 3 atom stereocenters. The maximum Gasteiger partial charge on any atom is 0.0421 e. The Bertz CT molecular complexity index is 331. The SMILES string of the molecule is Cc1ccc(C(N)CNCC2CC2C)cc1. The van der Waals surface area contributed by atoms with Crippen molar-refractivity contribution in [2.45, 2.75) is 26.3 Å². The van der Waals surface area contributed by atoms with Gasteiger partial charge >= 0.3 is 0 Å². The molecule has 2 nitrogen and oxygen atoms in total. The summed E-state index contributed by atoms with van der Waals surface area (Å²) in [5.74, 6) is 1.81. The number of rotatable bonds is 5. The quantitative estimate of drug-likeness (QED) is 0.795. The third kappa shape index (κ3) is 3.06. The molecule has 1 aromatic rings. The van der Waals surface area contributed by atoms with Gasteiger partial charge in [-0.1, -0.05) is 36.8 Å². The van der Waals surface area contributed by atoms with Gasteiger partial charge in [-0.3, -0.25) is 0 Å². The van der Waals surface area contributed by atoms with Gasteiger partial charge in [-0.05, 0) is 37.3 Å². The van der Waals surface area contributed by atoms with Crippen LogP contribution in [0.25, 0.3) is 0 Å². The van der Waals surface area contributed by atoms with Crippen LogP contribution in [-0.2, 0) is 0 Å². The van der Waals surface area contributed by atoms with Gasteiger partial charge in [0.05, 0.1) is 0 Å². The van der Waals surface area contributed by atoms with Crippen molar-refractivity contribution in [1.29, 1.82) is 0 Å². The molecule has 0 amide bonds. The van der Waals surface area contributed by atoms with E-state index in [1.165, 1.54) is 17.5 Å². The number of aryl methyl sites for hydroxylation is 1.